The van der Waals surface area contributed by atoms with Gasteiger partial charge >= 0.3 is 6.18 Å². The normalized spacial score (nSPS) is 12.0. The lowest BCUT2D eigenvalue weighted by atomic mass is 9.99. The van der Waals surface area contributed by atoms with Crippen molar-refractivity contribution >= 4 is 6.21 Å². The molecule has 0 saturated heterocycles. The average Bonchev–Trinajstić information content (AvgIpc) is 2.63. The van der Waals surface area contributed by atoms with Crippen molar-refractivity contribution in [2.24, 2.45) is 4.99 Å². The van der Waals surface area contributed by atoms with Gasteiger partial charge in [0.15, 0.2) is 0 Å². The summed E-state index contributed by atoms with van der Waals surface area (Å²) in [5.41, 5.74) is 1.23. The van der Waals surface area contributed by atoms with Crippen LogP contribution in [0.5, 0.6) is 0 Å². The van der Waals surface area contributed by atoms with Crippen LogP contribution in [0.25, 0.3) is 0 Å². The van der Waals surface area contributed by atoms with Crippen LogP contribution in [0.3, 0.4) is 0 Å². The molecule has 0 aliphatic carbocycles. The lowest BCUT2D eigenvalue weighted by Crippen LogP contribution is -2.09. The molecule has 0 atom stereocenters. The van der Waals surface area contributed by atoms with E-state index in [4.69, 9.17) is 0 Å². The fourth-order valence-corrected chi connectivity index (χ4v) is 2.66. The van der Waals surface area contributed by atoms with Gasteiger partial charge in [-0.15, -0.1) is 0 Å². The van der Waals surface area contributed by atoms with Gasteiger partial charge in [0.05, 0.1) is 11.6 Å². The summed E-state index contributed by atoms with van der Waals surface area (Å²) in [5.74, 6) is 0. The summed E-state index contributed by atoms with van der Waals surface area (Å²) in [6.07, 6.45) is -3.09. The molecule has 0 saturated carbocycles. The molecule has 0 fully saturated rings. The minimum Gasteiger partial charge on any atom is -0.280 e. The van der Waals surface area contributed by atoms with E-state index in [-0.39, 0.29) is 11.6 Å². The van der Waals surface area contributed by atoms with E-state index >= 15 is 0 Å². The van der Waals surface area contributed by atoms with Crippen LogP contribution in [0, 0.1) is 0 Å². The molecular weight excluding hydrogens is 323 g/mol. The zero-order valence-electron chi connectivity index (χ0n) is 13.3. The van der Waals surface area contributed by atoms with E-state index in [0.717, 1.165) is 17.2 Å². The van der Waals surface area contributed by atoms with Gasteiger partial charge in [-0.1, -0.05) is 78.9 Å². The minimum absolute atomic E-state index is 0.0619. The third-order valence-corrected chi connectivity index (χ3v) is 3.86. The topological polar surface area (TPSA) is 12.4 Å². The highest BCUT2D eigenvalue weighted by molar-refractivity contribution is 5.82. The molecule has 126 valence electrons. The first-order valence-electron chi connectivity index (χ1n) is 7.85. The van der Waals surface area contributed by atoms with Crippen LogP contribution in [0.1, 0.15) is 28.3 Å². The number of benzene rings is 3. The maximum absolute atomic E-state index is 13.2. The number of hydrogen-bond acceptors (Lipinski definition) is 1. The lowest BCUT2D eigenvalue weighted by Gasteiger charge is -2.14. The van der Waals surface area contributed by atoms with Crippen LogP contribution in [0.15, 0.2) is 89.9 Å². The van der Waals surface area contributed by atoms with Gasteiger partial charge < -0.3 is 0 Å². The largest absolute Gasteiger partial charge is 0.417 e. The number of rotatable bonds is 4. The monoisotopic (exact) mass is 339 g/mol. The SMILES string of the molecule is FC(F)(F)c1ccccc1C=NC(c1ccccc1)c1ccccc1. The summed E-state index contributed by atoms with van der Waals surface area (Å²) in [6.45, 7) is 0. The van der Waals surface area contributed by atoms with E-state index in [1.165, 1.54) is 18.3 Å². The second kappa shape index (κ2) is 7.34. The van der Waals surface area contributed by atoms with E-state index < -0.39 is 11.7 Å². The number of halogens is 3. The van der Waals surface area contributed by atoms with Crippen molar-refractivity contribution in [3.8, 4) is 0 Å². The van der Waals surface area contributed by atoms with E-state index in [1.54, 1.807) is 6.07 Å². The second-order valence-electron chi connectivity index (χ2n) is 5.59. The second-order valence-corrected chi connectivity index (χ2v) is 5.59. The Morgan fingerprint density at radius 1 is 0.680 bits per heavy atom. The molecule has 0 spiro atoms. The van der Waals surface area contributed by atoms with Gasteiger partial charge in [-0.25, -0.2) is 0 Å². The van der Waals surface area contributed by atoms with E-state index in [2.05, 4.69) is 4.99 Å². The molecule has 0 N–H and O–H groups in total. The molecule has 0 amide bonds. The van der Waals surface area contributed by atoms with Crippen LogP contribution >= 0.6 is 0 Å². The highest BCUT2D eigenvalue weighted by Gasteiger charge is 2.32. The first kappa shape index (κ1) is 17.0. The van der Waals surface area contributed by atoms with Gasteiger partial charge in [-0.3, -0.25) is 4.99 Å². The Hall–Kier alpha value is -2.88. The fraction of sp³-hybridized carbons (Fsp3) is 0.0952. The van der Waals surface area contributed by atoms with Gasteiger partial charge in [0.2, 0.25) is 0 Å². The number of hydrogen-bond donors (Lipinski definition) is 0. The van der Waals surface area contributed by atoms with E-state index in [0.29, 0.717) is 0 Å². The molecule has 4 heteroatoms. The van der Waals surface area contributed by atoms with Crippen molar-refractivity contribution in [2.75, 3.05) is 0 Å². The quantitative estimate of drug-likeness (QED) is 0.524. The first-order chi connectivity index (χ1) is 12.1. The average molecular weight is 339 g/mol. The molecule has 0 aliphatic rings. The standard InChI is InChI=1S/C21H16F3N/c22-21(23,24)19-14-8-7-13-18(19)15-25-20(16-9-3-1-4-10-16)17-11-5-2-6-12-17/h1-15,20H. The molecule has 0 aromatic heterocycles. The zero-order chi connectivity index (χ0) is 17.7. The van der Waals surface area contributed by atoms with Crippen molar-refractivity contribution in [2.45, 2.75) is 12.2 Å². The smallest absolute Gasteiger partial charge is 0.280 e. The van der Waals surface area contributed by atoms with Crippen LogP contribution in [0.2, 0.25) is 0 Å². The summed E-state index contributed by atoms with van der Waals surface area (Å²) in [6, 6.07) is 24.2. The first-order valence-corrected chi connectivity index (χ1v) is 7.85. The maximum Gasteiger partial charge on any atom is 0.417 e. The van der Waals surface area contributed by atoms with Crippen molar-refractivity contribution in [3.63, 3.8) is 0 Å². The summed E-state index contributed by atoms with van der Waals surface area (Å²) in [5, 5.41) is 0. The van der Waals surface area contributed by atoms with E-state index in [1.807, 2.05) is 60.7 Å². The van der Waals surface area contributed by atoms with Crippen molar-refractivity contribution in [1.82, 2.24) is 0 Å². The van der Waals surface area contributed by atoms with E-state index in [9.17, 15) is 13.2 Å². The third kappa shape index (κ3) is 4.15. The van der Waals surface area contributed by atoms with Crippen LogP contribution < -0.4 is 0 Å². The van der Waals surface area contributed by atoms with Gasteiger partial charge in [-0.2, -0.15) is 13.2 Å². The Balaban J connectivity index is 2.01. The summed E-state index contributed by atoms with van der Waals surface area (Å²) >= 11 is 0. The Morgan fingerprint density at radius 2 is 1.16 bits per heavy atom. The molecule has 3 aromatic rings. The van der Waals surface area contributed by atoms with Gasteiger partial charge in [0.1, 0.15) is 0 Å². The zero-order valence-corrected chi connectivity index (χ0v) is 13.3. The lowest BCUT2D eigenvalue weighted by molar-refractivity contribution is -0.137. The molecule has 25 heavy (non-hydrogen) atoms. The molecular formula is C21H16F3N. The molecule has 1 nitrogen and oxygen atoms in total. The van der Waals surface area contributed by atoms with Gasteiger partial charge in [0.25, 0.3) is 0 Å². The molecule has 0 aliphatic heterocycles. The van der Waals surface area contributed by atoms with Crippen LogP contribution in [-0.2, 0) is 6.18 Å². The Bertz CT molecular complexity index is 800. The van der Waals surface area contributed by atoms with Crippen molar-refractivity contribution in [1.29, 1.82) is 0 Å². The Morgan fingerprint density at radius 3 is 1.68 bits per heavy atom. The van der Waals surface area contributed by atoms with Crippen molar-refractivity contribution < 1.29 is 13.2 Å². The van der Waals surface area contributed by atoms with Gasteiger partial charge in [0, 0.05) is 11.8 Å². The van der Waals surface area contributed by atoms with Crippen LogP contribution in [0.4, 0.5) is 13.2 Å². The molecule has 0 bridgehead atoms. The number of nitrogens with zero attached hydrogens (tertiary/aromatic N) is 1. The molecule has 0 heterocycles. The predicted molar refractivity (Wildman–Crippen MR) is 93.8 cm³/mol. The highest BCUT2D eigenvalue weighted by Crippen LogP contribution is 2.32. The molecule has 3 aromatic carbocycles. The Labute approximate surface area is 144 Å². The van der Waals surface area contributed by atoms with Crippen LogP contribution in [-0.4, -0.2) is 6.21 Å². The highest BCUT2D eigenvalue weighted by atomic mass is 19.4. The molecule has 0 unspecified atom stereocenters. The van der Waals surface area contributed by atoms with Crippen molar-refractivity contribution in [3.05, 3.63) is 107 Å². The predicted octanol–water partition coefficient (Wildman–Crippen LogP) is 5.91. The third-order valence-electron chi connectivity index (χ3n) is 3.86. The molecule has 3 rings (SSSR count). The minimum atomic E-state index is -4.41. The summed E-state index contributed by atoms with van der Waals surface area (Å²) in [4.78, 5) is 4.48. The number of aliphatic imine (C=N–C) groups is 1. The summed E-state index contributed by atoms with van der Waals surface area (Å²) < 4.78 is 39.5. The fourth-order valence-electron chi connectivity index (χ4n) is 2.66. The molecule has 0 radical (unpaired) electrons. The Kier molecular flexibility index (Phi) is 4.98. The maximum atomic E-state index is 13.2. The summed E-state index contributed by atoms with van der Waals surface area (Å²) in [7, 11) is 0. The van der Waals surface area contributed by atoms with Gasteiger partial charge in [-0.05, 0) is 17.2 Å². The number of alkyl halides is 3.